The van der Waals surface area contributed by atoms with E-state index in [9.17, 15) is 4.79 Å². The number of carbonyl (C=O) groups is 1. The molecule has 0 unspecified atom stereocenters. The quantitative estimate of drug-likeness (QED) is 0.801. The molecule has 0 aromatic heterocycles. The van der Waals surface area contributed by atoms with Crippen molar-refractivity contribution >= 4 is 5.91 Å². The lowest BCUT2D eigenvalue weighted by Gasteiger charge is -2.36. The summed E-state index contributed by atoms with van der Waals surface area (Å²) in [5, 5.41) is 6.19. The van der Waals surface area contributed by atoms with Crippen molar-refractivity contribution in [3.63, 3.8) is 0 Å². The van der Waals surface area contributed by atoms with Gasteiger partial charge in [0, 0.05) is 12.6 Å². The molecule has 1 aliphatic carbocycles. The summed E-state index contributed by atoms with van der Waals surface area (Å²) >= 11 is 0. The fourth-order valence-corrected chi connectivity index (χ4v) is 2.52. The molecule has 0 heterocycles. The van der Waals surface area contributed by atoms with E-state index in [2.05, 4.69) is 29.7 Å². The summed E-state index contributed by atoms with van der Waals surface area (Å²) in [5.41, 5.74) is 1.33. The minimum Gasteiger partial charge on any atom is -0.497 e. The van der Waals surface area contributed by atoms with E-state index in [-0.39, 0.29) is 5.91 Å². The Bertz CT molecular complexity index is 442. The van der Waals surface area contributed by atoms with Gasteiger partial charge in [0.25, 0.3) is 0 Å². The van der Waals surface area contributed by atoms with Crippen LogP contribution in [0, 0.1) is 0 Å². The van der Waals surface area contributed by atoms with Gasteiger partial charge >= 0.3 is 0 Å². The molecule has 1 amide bonds. The van der Waals surface area contributed by atoms with E-state index in [1.807, 2.05) is 12.1 Å². The first-order chi connectivity index (χ1) is 9.72. The maximum Gasteiger partial charge on any atom is 0.233 e. The van der Waals surface area contributed by atoms with Crippen LogP contribution in [0.4, 0.5) is 0 Å². The van der Waals surface area contributed by atoms with Gasteiger partial charge in [-0.2, -0.15) is 0 Å². The van der Waals surface area contributed by atoms with Crippen LogP contribution in [0.25, 0.3) is 0 Å². The molecule has 0 bridgehead atoms. The third-order valence-electron chi connectivity index (χ3n) is 3.83. The Morgan fingerprint density at radius 3 is 2.90 bits per heavy atom. The molecule has 0 aliphatic heterocycles. The van der Waals surface area contributed by atoms with E-state index >= 15 is 0 Å². The van der Waals surface area contributed by atoms with Crippen LogP contribution in [-0.2, 0) is 4.79 Å². The van der Waals surface area contributed by atoms with E-state index < -0.39 is 0 Å². The molecule has 0 radical (unpaired) electrons. The second-order valence-electron chi connectivity index (χ2n) is 5.37. The highest BCUT2D eigenvalue weighted by atomic mass is 16.5. The fraction of sp³-hybridized carbons (Fsp3) is 0.562. The highest BCUT2D eigenvalue weighted by Gasteiger charge is 2.30. The van der Waals surface area contributed by atoms with Crippen LogP contribution in [0.2, 0.25) is 0 Å². The Hall–Kier alpha value is -1.55. The molecule has 0 atom stereocenters. The van der Waals surface area contributed by atoms with Gasteiger partial charge < -0.3 is 15.4 Å². The summed E-state index contributed by atoms with van der Waals surface area (Å²) in [7, 11) is 1.69. The predicted octanol–water partition coefficient (Wildman–Crippen LogP) is 2.06. The molecule has 4 heteroatoms. The Labute approximate surface area is 120 Å². The largest absolute Gasteiger partial charge is 0.497 e. The zero-order chi connectivity index (χ0) is 14.4. The highest BCUT2D eigenvalue weighted by molar-refractivity contribution is 5.77. The van der Waals surface area contributed by atoms with E-state index in [4.69, 9.17) is 4.74 Å². The summed E-state index contributed by atoms with van der Waals surface area (Å²) in [5.74, 6) is 1.59. The molecule has 20 heavy (non-hydrogen) atoms. The molecule has 110 valence electrons. The Kier molecular flexibility index (Phi) is 5.41. The summed E-state index contributed by atoms with van der Waals surface area (Å²) in [4.78, 5) is 11.5. The van der Waals surface area contributed by atoms with E-state index in [0.717, 1.165) is 31.6 Å². The number of carbonyl (C=O) groups excluding carboxylic acids is 1. The van der Waals surface area contributed by atoms with Gasteiger partial charge in [0.1, 0.15) is 5.75 Å². The van der Waals surface area contributed by atoms with Gasteiger partial charge in [0.2, 0.25) is 5.91 Å². The molecule has 1 fully saturated rings. The lowest BCUT2D eigenvalue weighted by atomic mass is 9.76. The minimum absolute atomic E-state index is 0.0941. The maximum atomic E-state index is 11.5. The van der Waals surface area contributed by atoms with Crippen molar-refractivity contribution in [3.8, 4) is 5.75 Å². The standard InChI is InChI=1S/C16H24N2O2/c1-3-7-17-16(19)11-18-14-8-13(9-14)12-5-4-6-15(10-12)20-2/h4-6,10,13-14,18H,3,7-9,11H2,1-2H3,(H,17,19). The molecule has 1 aliphatic rings. The summed E-state index contributed by atoms with van der Waals surface area (Å²) in [6, 6.07) is 8.72. The number of ether oxygens (including phenoxy) is 1. The second kappa shape index (κ2) is 7.29. The first kappa shape index (κ1) is 14.9. The fourth-order valence-electron chi connectivity index (χ4n) is 2.52. The molecular formula is C16H24N2O2. The SMILES string of the molecule is CCCNC(=O)CNC1CC(c2cccc(OC)c2)C1. The Morgan fingerprint density at radius 1 is 1.40 bits per heavy atom. The van der Waals surface area contributed by atoms with Crippen LogP contribution in [0.3, 0.4) is 0 Å². The summed E-state index contributed by atoms with van der Waals surface area (Å²) < 4.78 is 5.25. The molecule has 1 saturated carbocycles. The molecular weight excluding hydrogens is 252 g/mol. The number of benzene rings is 1. The average molecular weight is 276 g/mol. The van der Waals surface area contributed by atoms with Crippen molar-refractivity contribution in [2.45, 2.75) is 38.1 Å². The van der Waals surface area contributed by atoms with Crippen LogP contribution in [0.15, 0.2) is 24.3 Å². The van der Waals surface area contributed by atoms with Gasteiger partial charge in [-0.3, -0.25) is 4.79 Å². The monoisotopic (exact) mass is 276 g/mol. The zero-order valence-corrected chi connectivity index (χ0v) is 12.3. The summed E-state index contributed by atoms with van der Waals surface area (Å²) in [6.45, 7) is 3.24. The molecule has 1 aromatic carbocycles. The highest BCUT2D eigenvalue weighted by Crippen LogP contribution is 2.37. The second-order valence-corrected chi connectivity index (χ2v) is 5.37. The van der Waals surface area contributed by atoms with E-state index in [0.29, 0.717) is 18.5 Å². The van der Waals surface area contributed by atoms with Crippen molar-refractivity contribution in [1.82, 2.24) is 10.6 Å². The van der Waals surface area contributed by atoms with Crippen LogP contribution in [0.5, 0.6) is 5.75 Å². The number of hydrogen-bond donors (Lipinski definition) is 2. The van der Waals surface area contributed by atoms with Gasteiger partial charge in [-0.25, -0.2) is 0 Å². The van der Waals surface area contributed by atoms with Gasteiger partial charge in [0.15, 0.2) is 0 Å². The first-order valence-corrected chi connectivity index (χ1v) is 7.37. The van der Waals surface area contributed by atoms with Crippen molar-refractivity contribution in [3.05, 3.63) is 29.8 Å². The Balaban J connectivity index is 1.70. The normalized spacial score (nSPS) is 21.1. The van der Waals surface area contributed by atoms with E-state index in [1.54, 1.807) is 7.11 Å². The first-order valence-electron chi connectivity index (χ1n) is 7.37. The van der Waals surface area contributed by atoms with Gasteiger partial charge in [-0.1, -0.05) is 19.1 Å². The smallest absolute Gasteiger partial charge is 0.233 e. The van der Waals surface area contributed by atoms with Gasteiger partial charge in [-0.05, 0) is 42.9 Å². The van der Waals surface area contributed by atoms with Crippen LogP contribution in [0.1, 0.15) is 37.7 Å². The van der Waals surface area contributed by atoms with Crippen molar-refractivity contribution < 1.29 is 9.53 Å². The van der Waals surface area contributed by atoms with Crippen LogP contribution >= 0.6 is 0 Å². The number of nitrogens with one attached hydrogen (secondary N) is 2. The number of amides is 1. The van der Waals surface area contributed by atoms with Crippen molar-refractivity contribution in [2.75, 3.05) is 20.2 Å². The summed E-state index contributed by atoms with van der Waals surface area (Å²) in [6.07, 6.45) is 3.16. The lowest BCUT2D eigenvalue weighted by Crippen LogP contribution is -2.45. The van der Waals surface area contributed by atoms with Crippen LogP contribution < -0.4 is 15.4 Å². The molecule has 2 rings (SSSR count). The van der Waals surface area contributed by atoms with Crippen LogP contribution in [-0.4, -0.2) is 32.1 Å². The Morgan fingerprint density at radius 2 is 2.20 bits per heavy atom. The zero-order valence-electron chi connectivity index (χ0n) is 12.3. The van der Waals surface area contributed by atoms with Gasteiger partial charge in [-0.15, -0.1) is 0 Å². The van der Waals surface area contributed by atoms with Gasteiger partial charge in [0.05, 0.1) is 13.7 Å². The third kappa shape index (κ3) is 3.97. The number of rotatable bonds is 7. The molecule has 2 N–H and O–H groups in total. The molecule has 0 spiro atoms. The number of methoxy groups -OCH3 is 1. The lowest BCUT2D eigenvalue weighted by molar-refractivity contribution is -0.120. The third-order valence-corrected chi connectivity index (χ3v) is 3.83. The van der Waals surface area contributed by atoms with Crippen molar-refractivity contribution in [2.24, 2.45) is 0 Å². The van der Waals surface area contributed by atoms with E-state index in [1.165, 1.54) is 5.56 Å². The number of hydrogen-bond acceptors (Lipinski definition) is 3. The molecule has 0 saturated heterocycles. The minimum atomic E-state index is 0.0941. The maximum absolute atomic E-state index is 11.5. The molecule has 4 nitrogen and oxygen atoms in total. The topological polar surface area (TPSA) is 50.4 Å². The molecule has 1 aromatic rings. The van der Waals surface area contributed by atoms with Crippen molar-refractivity contribution in [1.29, 1.82) is 0 Å². The predicted molar refractivity (Wildman–Crippen MR) is 80.1 cm³/mol. The average Bonchev–Trinajstić information content (AvgIpc) is 2.43.